The fourth-order valence-electron chi connectivity index (χ4n) is 2.97. The highest BCUT2D eigenvalue weighted by atomic mass is 32.2. The van der Waals surface area contributed by atoms with Gasteiger partial charge < -0.3 is 22.1 Å². The largest absolute Gasteiger partial charge is 0.399 e. The summed E-state index contributed by atoms with van der Waals surface area (Å²) in [6.45, 7) is 2.65. The summed E-state index contributed by atoms with van der Waals surface area (Å²) in [5.74, 6) is -1.33. The fraction of sp³-hybridized carbons (Fsp3) is 0.300. The number of hydrogen-bond donors (Lipinski definition) is 4. The Morgan fingerprint density at radius 3 is 1.34 bits per heavy atom. The number of anilines is 2. The molecule has 0 saturated carbocycles. The van der Waals surface area contributed by atoms with Gasteiger partial charge in [0.15, 0.2) is 9.84 Å². The molecule has 0 aromatic heterocycles. The minimum atomic E-state index is -3.68. The van der Waals surface area contributed by atoms with E-state index in [0.717, 1.165) is 0 Å². The lowest BCUT2D eigenvalue weighted by atomic mass is 10.1. The van der Waals surface area contributed by atoms with Crippen molar-refractivity contribution in [2.45, 2.75) is 25.9 Å². The Bertz CT molecular complexity index is 883. The number of hydrogen-bond acceptors (Lipinski definition) is 6. The Morgan fingerprint density at radius 1 is 0.759 bits per heavy atom. The first-order valence-corrected chi connectivity index (χ1v) is 10.8. The molecular weight excluding hydrogens is 392 g/mol. The maximum Gasteiger partial charge on any atom is 0.217 e. The molecule has 0 aliphatic carbocycles. The number of nitrogens with two attached hydrogens (primary N) is 2. The second-order valence-corrected chi connectivity index (χ2v) is 9.07. The first-order chi connectivity index (χ1) is 13.6. The number of carbonyl (C=O) groups is 2. The van der Waals surface area contributed by atoms with Crippen molar-refractivity contribution in [3.8, 4) is 0 Å². The molecule has 0 fully saturated rings. The van der Waals surface area contributed by atoms with E-state index in [2.05, 4.69) is 10.6 Å². The van der Waals surface area contributed by atoms with E-state index in [1.807, 2.05) is 0 Å². The van der Waals surface area contributed by atoms with Crippen LogP contribution in [0.15, 0.2) is 48.5 Å². The maximum absolute atomic E-state index is 12.9. The Labute approximate surface area is 170 Å². The Hall–Kier alpha value is -3.07. The smallest absolute Gasteiger partial charge is 0.217 e. The molecule has 0 aliphatic rings. The summed E-state index contributed by atoms with van der Waals surface area (Å²) in [6.07, 6.45) is 0. The van der Waals surface area contributed by atoms with Gasteiger partial charge in [-0.05, 0) is 35.4 Å². The van der Waals surface area contributed by atoms with Crippen LogP contribution in [0, 0.1) is 0 Å². The van der Waals surface area contributed by atoms with E-state index in [-0.39, 0.29) is 23.3 Å². The molecule has 0 heterocycles. The van der Waals surface area contributed by atoms with Gasteiger partial charge >= 0.3 is 0 Å². The number of nitrogen functional groups attached to an aromatic ring is 2. The van der Waals surface area contributed by atoms with Crippen molar-refractivity contribution in [1.29, 1.82) is 0 Å². The molecule has 6 N–H and O–H groups in total. The number of amides is 2. The van der Waals surface area contributed by atoms with Gasteiger partial charge in [-0.1, -0.05) is 24.3 Å². The predicted molar refractivity (Wildman–Crippen MR) is 113 cm³/mol. The quantitative estimate of drug-likeness (QED) is 0.476. The van der Waals surface area contributed by atoms with Crippen LogP contribution in [-0.4, -0.2) is 31.7 Å². The molecular formula is C20H26N4O4S. The molecule has 2 unspecified atom stereocenters. The van der Waals surface area contributed by atoms with Crippen LogP contribution < -0.4 is 22.1 Å². The second-order valence-electron chi connectivity index (χ2n) is 6.92. The molecule has 0 saturated heterocycles. The van der Waals surface area contributed by atoms with Crippen molar-refractivity contribution in [2.75, 3.05) is 23.0 Å². The highest BCUT2D eigenvalue weighted by molar-refractivity contribution is 7.91. The van der Waals surface area contributed by atoms with Crippen LogP contribution in [0.5, 0.6) is 0 Å². The summed E-state index contributed by atoms with van der Waals surface area (Å²) in [5, 5.41) is 5.34. The Morgan fingerprint density at radius 2 is 1.07 bits per heavy atom. The average Bonchev–Trinajstić information content (AvgIpc) is 2.60. The summed E-state index contributed by atoms with van der Waals surface area (Å²) in [4.78, 5) is 23.2. The molecule has 2 amide bonds. The van der Waals surface area contributed by atoms with Gasteiger partial charge in [-0.3, -0.25) is 9.59 Å². The molecule has 2 aromatic rings. The second kappa shape index (κ2) is 9.42. The summed E-state index contributed by atoms with van der Waals surface area (Å²) >= 11 is 0. The third kappa shape index (κ3) is 7.11. The van der Waals surface area contributed by atoms with Crippen molar-refractivity contribution in [1.82, 2.24) is 10.6 Å². The molecule has 2 rings (SSSR count). The highest BCUT2D eigenvalue weighted by Crippen LogP contribution is 2.22. The molecule has 0 spiro atoms. The summed E-state index contributed by atoms with van der Waals surface area (Å²) in [6, 6.07) is 11.8. The van der Waals surface area contributed by atoms with Crippen LogP contribution in [0.1, 0.15) is 37.1 Å². The zero-order chi connectivity index (χ0) is 21.6. The van der Waals surface area contributed by atoms with Crippen LogP contribution in [-0.2, 0) is 19.4 Å². The van der Waals surface area contributed by atoms with E-state index in [0.29, 0.717) is 22.5 Å². The Balaban J connectivity index is 2.26. The third-order valence-corrected chi connectivity index (χ3v) is 5.96. The molecule has 0 radical (unpaired) electrons. The average molecular weight is 419 g/mol. The Kier molecular flexibility index (Phi) is 7.22. The van der Waals surface area contributed by atoms with Crippen molar-refractivity contribution in [3.05, 3.63) is 59.7 Å². The molecule has 2 atom stereocenters. The monoisotopic (exact) mass is 418 g/mol. The number of sulfone groups is 1. The minimum Gasteiger partial charge on any atom is -0.399 e. The van der Waals surface area contributed by atoms with Crippen LogP contribution in [0.4, 0.5) is 11.4 Å². The standard InChI is InChI=1S/C20H26N4O4S/c1-13(25)23-19(15-3-7-17(21)8-4-15)11-29(27,28)12-20(24-14(2)26)16-5-9-18(22)10-6-16/h3-10,19-20H,11-12,21-22H2,1-2H3,(H,23,25)(H,24,26). The summed E-state index contributed by atoms with van der Waals surface area (Å²) < 4.78 is 25.9. The number of nitrogens with one attached hydrogen (secondary N) is 2. The third-order valence-electron chi connectivity index (χ3n) is 4.27. The first-order valence-electron chi connectivity index (χ1n) is 9.01. The van der Waals surface area contributed by atoms with Crippen LogP contribution >= 0.6 is 0 Å². The van der Waals surface area contributed by atoms with Gasteiger partial charge in [0.1, 0.15) is 0 Å². The predicted octanol–water partition coefficient (Wildman–Crippen LogP) is 1.32. The van der Waals surface area contributed by atoms with E-state index >= 15 is 0 Å². The molecule has 9 heteroatoms. The molecule has 0 aliphatic heterocycles. The summed E-state index contributed by atoms with van der Waals surface area (Å²) in [7, 11) is -3.68. The molecule has 29 heavy (non-hydrogen) atoms. The van der Waals surface area contributed by atoms with E-state index in [4.69, 9.17) is 11.5 Å². The highest BCUT2D eigenvalue weighted by Gasteiger charge is 2.26. The zero-order valence-electron chi connectivity index (χ0n) is 16.4. The lowest BCUT2D eigenvalue weighted by Crippen LogP contribution is -2.36. The van der Waals surface area contributed by atoms with E-state index in [1.54, 1.807) is 48.5 Å². The van der Waals surface area contributed by atoms with Gasteiger partial charge in [0.2, 0.25) is 11.8 Å². The van der Waals surface area contributed by atoms with Crippen LogP contribution in [0.2, 0.25) is 0 Å². The van der Waals surface area contributed by atoms with E-state index in [9.17, 15) is 18.0 Å². The lowest BCUT2D eigenvalue weighted by molar-refractivity contribution is -0.120. The lowest BCUT2D eigenvalue weighted by Gasteiger charge is -2.22. The normalized spacial score (nSPS) is 13.3. The SMILES string of the molecule is CC(=O)NC(CS(=O)(=O)CC(NC(C)=O)c1ccc(N)cc1)c1ccc(N)cc1. The van der Waals surface area contributed by atoms with E-state index < -0.39 is 21.9 Å². The molecule has 8 nitrogen and oxygen atoms in total. The van der Waals surface area contributed by atoms with Gasteiger partial charge in [0.25, 0.3) is 0 Å². The van der Waals surface area contributed by atoms with Crippen molar-refractivity contribution in [2.24, 2.45) is 0 Å². The van der Waals surface area contributed by atoms with Gasteiger partial charge in [-0.2, -0.15) is 0 Å². The number of benzene rings is 2. The number of rotatable bonds is 8. The molecule has 2 aromatic carbocycles. The van der Waals surface area contributed by atoms with Crippen LogP contribution in [0.25, 0.3) is 0 Å². The number of carbonyl (C=O) groups excluding carboxylic acids is 2. The van der Waals surface area contributed by atoms with E-state index in [1.165, 1.54) is 13.8 Å². The zero-order valence-corrected chi connectivity index (χ0v) is 17.2. The maximum atomic E-state index is 12.9. The summed E-state index contributed by atoms with van der Waals surface area (Å²) in [5.41, 5.74) is 13.7. The fourth-order valence-corrected chi connectivity index (χ4v) is 4.67. The van der Waals surface area contributed by atoms with Gasteiger partial charge in [-0.15, -0.1) is 0 Å². The topological polar surface area (TPSA) is 144 Å². The van der Waals surface area contributed by atoms with Crippen LogP contribution in [0.3, 0.4) is 0 Å². The van der Waals surface area contributed by atoms with Gasteiger partial charge in [0.05, 0.1) is 23.6 Å². The molecule has 156 valence electrons. The van der Waals surface area contributed by atoms with Gasteiger partial charge in [0, 0.05) is 25.2 Å². The van der Waals surface area contributed by atoms with Crippen molar-refractivity contribution >= 4 is 33.0 Å². The first kappa shape index (κ1) is 22.2. The van der Waals surface area contributed by atoms with Gasteiger partial charge in [-0.25, -0.2) is 8.42 Å². The van der Waals surface area contributed by atoms with Crippen molar-refractivity contribution in [3.63, 3.8) is 0 Å². The molecule has 0 bridgehead atoms. The minimum absolute atomic E-state index is 0.318. The van der Waals surface area contributed by atoms with Crippen molar-refractivity contribution < 1.29 is 18.0 Å².